The molecule has 0 saturated heterocycles. The maximum absolute atomic E-state index is 5.39. The second-order valence-corrected chi connectivity index (χ2v) is 5.32. The van der Waals surface area contributed by atoms with E-state index in [1.807, 2.05) is 0 Å². The van der Waals surface area contributed by atoms with E-state index in [0.717, 1.165) is 30.3 Å². The van der Waals surface area contributed by atoms with Gasteiger partial charge in [0, 0.05) is 23.2 Å². The number of nitrogens with one attached hydrogen (secondary N) is 1. The summed E-state index contributed by atoms with van der Waals surface area (Å²) in [5, 5.41) is 5.91. The number of benzene rings is 2. The first-order chi connectivity index (χ1) is 9.24. The Kier molecular flexibility index (Phi) is 3.25. The van der Waals surface area contributed by atoms with Crippen LogP contribution in [0.25, 0.3) is 10.8 Å². The van der Waals surface area contributed by atoms with Crippen LogP contribution in [0.15, 0.2) is 30.3 Å². The molecule has 1 aliphatic heterocycles. The van der Waals surface area contributed by atoms with Crippen LogP contribution in [0.3, 0.4) is 0 Å². The van der Waals surface area contributed by atoms with Crippen molar-refractivity contribution in [3.05, 3.63) is 41.5 Å². The second-order valence-electron chi connectivity index (χ2n) is 4.92. The second kappa shape index (κ2) is 4.91. The summed E-state index contributed by atoms with van der Waals surface area (Å²) < 4.78 is 0. The molecule has 0 bridgehead atoms. The van der Waals surface area contributed by atoms with Crippen LogP contribution in [0.4, 0.5) is 5.69 Å². The normalized spacial score (nSPS) is 13.3. The summed E-state index contributed by atoms with van der Waals surface area (Å²) in [5.41, 5.74) is 3.71. The summed E-state index contributed by atoms with van der Waals surface area (Å²) in [7, 11) is 0. The van der Waals surface area contributed by atoms with E-state index in [0.29, 0.717) is 0 Å². The molecular formula is C16H18N2S. The Morgan fingerprint density at radius 1 is 1.11 bits per heavy atom. The first-order valence-corrected chi connectivity index (χ1v) is 7.23. The molecule has 3 heteroatoms. The third-order valence-electron chi connectivity index (χ3n) is 3.91. The van der Waals surface area contributed by atoms with Crippen LogP contribution in [0.1, 0.15) is 25.0 Å². The average molecular weight is 270 g/mol. The molecule has 0 atom stereocenters. The summed E-state index contributed by atoms with van der Waals surface area (Å²) in [4.78, 5) is 3.28. The van der Waals surface area contributed by atoms with Gasteiger partial charge in [0.05, 0.1) is 0 Å². The van der Waals surface area contributed by atoms with Gasteiger partial charge in [0.25, 0.3) is 0 Å². The predicted octanol–water partition coefficient (Wildman–Crippen LogP) is 3.78. The minimum atomic E-state index is 0.848. The van der Waals surface area contributed by atoms with Gasteiger partial charge in [0.2, 0.25) is 0 Å². The van der Waals surface area contributed by atoms with Gasteiger partial charge in [-0.05, 0) is 30.1 Å². The van der Waals surface area contributed by atoms with Crippen molar-refractivity contribution in [3.63, 3.8) is 0 Å². The maximum atomic E-state index is 5.39. The zero-order valence-electron chi connectivity index (χ0n) is 11.4. The van der Waals surface area contributed by atoms with Crippen molar-refractivity contribution in [2.45, 2.75) is 20.4 Å². The molecule has 98 valence electrons. The zero-order chi connectivity index (χ0) is 13.4. The van der Waals surface area contributed by atoms with Crippen LogP contribution in [0.5, 0.6) is 0 Å². The Balaban J connectivity index is 2.13. The van der Waals surface area contributed by atoms with Crippen LogP contribution in [-0.4, -0.2) is 23.0 Å². The largest absolute Gasteiger partial charge is 0.346 e. The van der Waals surface area contributed by atoms with Crippen molar-refractivity contribution in [1.82, 2.24) is 4.90 Å². The van der Waals surface area contributed by atoms with Crippen LogP contribution in [0.2, 0.25) is 0 Å². The van der Waals surface area contributed by atoms with Crippen LogP contribution in [0, 0.1) is 0 Å². The zero-order valence-corrected chi connectivity index (χ0v) is 12.2. The van der Waals surface area contributed by atoms with Crippen molar-refractivity contribution >= 4 is 33.7 Å². The lowest BCUT2D eigenvalue weighted by Gasteiger charge is -2.19. The van der Waals surface area contributed by atoms with Crippen LogP contribution >= 0.6 is 12.2 Å². The topological polar surface area (TPSA) is 15.3 Å². The minimum Gasteiger partial charge on any atom is -0.346 e. The van der Waals surface area contributed by atoms with Crippen molar-refractivity contribution in [3.8, 4) is 0 Å². The molecule has 0 aliphatic carbocycles. The highest BCUT2D eigenvalue weighted by molar-refractivity contribution is 7.81. The maximum Gasteiger partial charge on any atom is 0.111 e. The van der Waals surface area contributed by atoms with E-state index in [-0.39, 0.29) is 0 Å². The minimum absolute atomic E-state index is 0.848. The van der Waals surface area contributed by atoms with Crippen molar-refractivity contribution in [1.29, 1.82) is 0 Å². The van der Waals surface area contributed by atoms with Crippen LogP contribution in [-0.2, 0) is 6.54 Å². The summed E-state index contributed by atoms with van der Waals surface area (Å²) in [6.07, 6.45) is 0. The SMILES string of the molecule is CCN(CC)Cc1ccc2c3c(cccc13)C(=S)N2. The van der Waals surface area contributed by atoms with Gasteiger partial charge in [-0.25, -0.2) is 0 Å². The van der Waals surface area contributed by atoms with E-state index in [1.165, 1.54) is 21.9 Å². The first-order valence-electron chi connectivity index (χ1n) is 6.83. The van der Waals surface area contributed by atoms with E-state index < -0.39 is 0 Å². The molecule has 0 radical (unpaired) electrons. The lowest BCUT2D eigenvalue weighted by molar-refractivity contribution is 0.297. The Bertz CT molecular complexity index is 644. The van der Waals surface area contributed by atoms with Crippen molar-refractivity contribution in [2.75, 3.05) is 18.4 Å². The number of hydrogen-bond donors (Lipinski definition) is 1. The molecule has 0 amide bonds. The average Bonchev–Trinajstić information content (AvgIpc) is 2.77. The van der Waals surface area contributed by atoms with Gasteiger partial charge in [-0.2, -0.15) is 0 Å². The van der Waals surface area contributed by atoms with Crippen LogP contribution < -0.4 is 5.32 Å². The molecule has 19 heavy (non-hydrogen) atoms. The predicted molar refractivity (Wildman–Crippen MR) is 85.9 cm³/mol. The molecule has 1 heterocycles. The molecule has 2 nitrogen and oxygen atoms in total. The van der Waals surface area contributed by atoms with Gasteiger partial charge in [-0.15, -0.1) is 0 Å². The standard InChI is InChI=1S/C16H18N2S/c1-3-18(4-2)10-11-8-9-14-15-12(11)6-5-7-13(15)16(19)17-14/h5-9H,3-4,10H2,1-2H3,(H,17,19). The van der Waals surface area contributed by atoms with Crippen molar-refractivity contribution < 1.29 is 0 Å². The number of anilines is 1. The molecule has 2 aromatic carbocycles. The summed E-state index contributed by atoms with van der Waals surface area (Å²) >= 11 is 5.39. The quantitative estimate of drug-likeness (QED) is 0.851. The van der Waals surface area contributed by atoms with E-state index in [9.17, 15) is 0 Å². The van der Waals surface area contributed by atoms with E-state index in [1.54, 1.807) is 0 Å². The Labute approximate surface area is 119 Å². The van der Waals surface area contributed by atoms with Gasteiger partial charge < -0.3 is 5.32 Å². The molecule has 0 fully saturated rings. The molecule has 0 spiro atoms. The first kappa shape index (κ1) is 12.6. The van der Waals surface area contributed by atoms with Gasteiger partial charge in [0.15, 0.2) is 0 Å². The smallest absolute Gasteiger partial charge is 0.111 e. The number of thiocarbonyl (C=S) groups is 1. The molecule has 0 aromatic heterocycles. The highest BCUT2D eigenvalue weighted by Crippen LogP contribution is 2.35. The molecule has 0 unspecified atom stereocenters. The molecule has 1 aliphatic rings. The fourth-order valence-electron chi connectivity index (χ4n) is 2.78. The highest BCUT2D eigenvalue weighted by Gasteiger charge is 2.19. The third kappa shape index (κ3) is 2.03. The van der Waals surface area contributed by atoms with Gasteiger partial charge in [-0.3, -0.25) is 4.90 Å². The van der Waals surface area contributed by atoms with E-state index in [4.69, 9.17) is 12.2 Å². The fourth-order valence-corrected chi connectivity index (χ4v) is 3.06. The molecular weight excluding hydrogens is 252 g/mol. The molecule has 1 N–H and O–H groups in total. The number of nitrogens with zero attached hydrogens (tertiary/aromatic N) is 1. The summed E-state index contributed by atoms with van der Waals surface area (Å²) in [6.45, 7) is 7.58. The van der Waals surface area contributed by atoms with E-state index >= 15 is 0 Å². The third-order valence-corrected chi connectivity index (χ3v) is 4.23. The Morgan fingerprint density at radius 2 is 1.89 bits per heavy atom. The van der Waals surface area contributed by atoms with Gasteiger partial charge in [-0.1, -0.05) is 50.3 Å². The lowest BCUT2D eigenvalue weighted by atomic mass is 10.0. The molecule has 3 rings (SSSR count). The van der Waals surface area contributed by atoms with Gasteiger partial charge in [0.1, 0.15) is 4.99 Å². The number of hydrogen-bond acceptors (Lipinski definition) is 2. The summed E-state index contributed by atoms with van der Waals surface area (Å²) in [5.74, 6) is 0. The van der Waals surface area contributed by atoms with Gasteiger partial charge >= 0.3 is 0 Å². The lowest BCUT2D eigenvalue weighted by Crippen LogP contribution is -2.22. The number of rotatable bonds is 4. The van der Waals surface area contributed by atoms with E-state index in [2.05, 4.69) is 54.4 Å². The Hall–Kier alpha value is -1.45. The Morgan fingerprint density at radius 3 is 2.63 bits per heavy atom. The fraction of sp³-hybridized carbons (Fsp3) is 0.312. The molecule has 2 aromatic rings. The monoisotopic (exact) mass is 270 g/mol. The molecule has 0 saturated carbocycles. The van der Waals surface area contributed by atoms with Crippen molar-refractivity contribution in [2.24, 2.45) is 0 Å². The highest BCUT2D eigenvalue weighted by atomic mass is 32.1. The summed E-state index contributed by atoms with van der Waals surface area (Å²) in [6, 6.07) is 10.8.